The van der Waals surface area contributed by atoms with Gasteiger partial charge in [-0.25, -0.2) is 9.78 Å². The number of likely N-dealkylation sites (tertiary alicyclic amines) is 1. The van der Waals surface area contributed by atoms with Crippen LogP contribution in [0.15, 0.2) is 29.8 Å². The number of piperazine rings is 1. The van der Waals surface area contributed by atoms with Crippen LogP contribution in [0.4, 0.5) is 4.79 Å². The van der Waals surface area contributed by atoms with Crippen LogP contribution in [0.5, 0.6) is 0 Å². The Bertz CT molecular complexity index is 1410. The first-order chi connectivity index (χ1) is 22.0. The molecule has 2 fully saturated rings. The van der Waals surface area contributed by atoms with Crippen LogP contribution in [0.25, 0.3) is 10.4 Å². The van der Waals surface area contributed by atoms with Crippen molar-refractivity contribution in [1.29, 1.82) is 0 Å². The number of hydrogen-bond donors (Lipinski definition) is 3. The third-order valence-corrected chi connectivity index (χ3v) is 9.37. The van der Waals surface area contributed by atoms with Crippen molar-refractivity contribution in [2.45, 2.75) is 91.6 Å². The number of aryl methyl sites for hydroxylation is 1. The summed E-state index contributed by atoms with van der Waals surface area (Å²) < 4.78 is 5.46. The van der Waals surface area contributed by atoms with Crippen LogP contribution >= 0.6 is 11.3 Å². The molecular weight excluding hydrogens is 620 g/mol. The second-order valence-corrected chi connectivity index (χ2v) is 15.4. The molecule has 3 heterocycles. The van der Waals surface area contributed by atoms with Gasteiger partial charge >= 0.3 is 6.09 Å². The molecule has 2 aliphatic rings. The number of carbonyl (C=O) groups excluding carboxylic acids is 4. The quantitative estimate of drug-likeness (QED) is 0.369. The molecule has 12 nitrogen and oxygen atoms in total. The smallest absolute Gasteiger partial charge is 0.410 e. The van der Waals surface area contributed by atoms with Gasteiger partial charge in [-0.05, 0) is 44.2 Å². The number of nitrogens with one attached hydrogen (secondary N) is 2. The number of aromatic nitrogens is 1. The molecular formula is C34H50N6O6S. The maximum Gasteiger partial charge on any atom is 0.410 e. The van der Waals surface area contributed by atoms with Gasteiger partial charge in [0.2, 0.25) is 17.7 Å². The standard InChI is InChI=1S/C34H50N6O6S/c1-22-28(47-21-36-22)24-10-8-23(9-11-24)19-35-30(43)26-18-25(41)20-40(26)31(44)29(33(2,3)4)37-27(42)12-13-38-14-16-39(17-15-38)32(45)46-34(5,6)7/h8-11,21,25-26,29,41H,12-20H2,1-7H3,(H,35,43)(H,37,42)/t25-,26+,29-/m1/s1. The lowest BCUT2D eigenvalue weighted by atomic mass is 9.85. The second-order valence-electron chi connectivity index (χ2n) is 14.5. The molecule has 0 radical (unpaired) electrons. The van der Waals surface area contributed by atoms with Gasteiger partial charge in [-0.3, -0.25) is 19.3 Å². The molecule has 0 bridgehead atoms. The predicted octanol–water partition coefficient (Wildman–Crippen LogP) is 3.17. The molecule has 258 valence electrons. The molecule has 0 spiro atoms. The number of β-amino-alcohol motifs (C(OH)–C–C–N with tert-alkyl or cyclic N) is 1. The number of hydrogen-bond acceptors (Lipinski definition) is 9. The highest BCUT2D eigenvalue weighted by atomic mass is 32.1. The monoisotopic (exact) mass is 670 g/mol. The van der Waals surface area contributed by atoms with Crippen LogP contribution in [0.2, 0.25) is 0 Å². The lowest BCUT2D eigenvalue weighted by molar-refractivity contribution is -0.144. The third-order valence-electron chi connectivity index (χ3n) is 8.39. The largest absolute Gasteiger partial charge is 0.444 e. The molecule has 2 saturated heterocycles. The fourth-order valence-electron chi connectivity index (χ4n) is 5.75. The molecule has 4 amide bonds. The fraction of sp³-hybridized carbons (Fsp3) is 0.618. The van der Waals surface area contributed by atoms with E-state index in [4.69, 9.17) is 4.74 Å². The minimum absolute atomic E-state index is 0.0180. The number of aliphatic hydroxyl groups excluding tert-OH is 1. The van der Waals surface area contributed by atoms with Crippen LogP contribution in [0.3, 0.4) is 0 Å². The van der Waals surface area contributed by atoms with Gasteiger partial charge < -0.3 is 30.3 Å². The molecule has 0 unspecified atom stereocenters. The second kappa shape index (κ2) is 15.1. The van der Waals surface area contributed by atoms with Crippen LogP contribution in [0.1, 0.15) is 65.6 Å². The van der Waals surface area contributed by atoms with Crippen molar-refractivity contribution < 1.29 is 29.0 Å². The summed E-state index contributed by atoms with van der Waals surface area (Å²) in [6.07, 6.45) is -0.870. The highest BCUT2D eigenvalue weighted by Gasteiger charge is 2.44. The molecule has 0 aliphatic carbocycles. The summed E-state index contributed by atoms with van der Waals surface area (Å²) in [5.41, 5.74) is 3.56. The molecule has 0 saturated carbocycles. The van der Waals surface area contributed by atoms with Gasteiger partial charge in [0.05, 0.1) is 22.2 Å². The van der Waals surface area contributed by atoms with Crippen LogP contribution < -0.4 is 10.6 Å². The lowest BCUT2D eigenvalue weighted by Crippen LogP contribution is -2.58. The maximum atomic E-state index is 13.9. The van der Waals surface area contributed by atoms with Gasteiger partial charge in [-0.1, -0.05) is 45.0 Å². The third kappa shape index (κ3) is 9.97. The summed E-state index contributed by atoms with van der Waals surface area (Å²) >= 11 is 1.58. The summed E-state index contributed by atoms with van der Waals surface area (Å²) in [7, 11) is 0. The SMILES string of the molecule is Cc1ncsc1-c1ccc(CNC(=O)[C@@H]2C[C@@H](O)CN2C(=O)[C@@H](NC(=O)CCN2CCN(C(=O)OC(C)(C)C)CC2)C(C)(C)C)cc1. The molecule has 2 aromatic rings. The molecule has 2 aliphatic heterocycles. The van der Waals surface area contributed by atoms with E-state index in [1.54, 1.807) is 16.2 Å². The Labute approximate surface area is 281 Å². The number of carbonyl (C=O) groups is 4. The first kappa shape index (κ1) is 36.3. The topological polar surface area (TPSA) is 144 Å². The molecule has 1 aromatic carbocycles. The van der Waals surface area contributed by atoms with Gasteiger partial charge in [0.25, 0.3) is 0 Å². The Morgan fingerprint density at radius 1 is 1.04 bits per heavy atom. The number of amides is 4. The first-order valence-corrected chi connectivity index (χ1v) is 17.1. The van der Waals surface area contributed by atoms with Gasteiger partial charge in [-0.2, -0.15) is 0 Å². The number of benzene rings is 1. The Hall–Kier alpha value is -3.55. The van der Waals surface area contributed by atoms with E-state index in [2.05, 4.69) is 20.5 Å². The van der Waals surface area contributed by atoms with Crippen LogP contribution in [-0.2, 0) is 25.7 Å². The van der Waals surface area contributed by atoms with Gasteiger partial charge in [0.15, 0.2) is 0 Å². The number of rotatable bonds is 9. The van der Waals surface area contributed by atoms with Gasteiger partial charge in [0.1, 0.15) is 17.7 Å². The molecule has 4 rings (SSSR count). The van der Waals surface area contributed by atoms with Crippen LogP contribution in [0, 0.1) is 12.3 Å². The highest BCUT2D eigenvalue weighted by molar-refractivity contribution is 7.13. The predicted molar refractivity (Wildman–Crippen MR) is 181 cm³/mol. The lowest BCUT2D eigenvalue weighted by Gasteiger charge is -2.36. The van der Waals surface area contributed by atoms with Crippen molar-refractivity contribution in [2.24, 2.45) is 5.41 Å². The highest BCUT2D eigenvalue weighted by Crippen LogP contribution is 2.28. The number of ether oxygens (including phenoxy) is 1. The fourth-order valence-corrected chi connectivity index (χ4v) is 6.57. The Balaban J connectivity index is 1.30. The summed E-state index contributed by atoms with van der Waals surface area (Å²) in [5, 5.41) is 16.3. The zero-order chi connectivity index (χ0) is 34.5. The van der Waals surface area contributed by atoms with Crippen molar-refractivity contribution in [3.63, 3.8) is 0 Å². The van der Waals surface area contributed by atoms with Crippen molar-refractivity contribution in [1.82, 2.24) is 30.3 Å². The summed E-state index contributed by atoms with van der Waals surface area (Å²) in [6.45, 7) is 16.1. The Morgan fingerprint density at radius 3 is 2.28 bits per heavy atom. The van der Waals surface area contributed by atoms with E-state index < -0.39 is 35.1 Å². The number of aliphatic hydroxyl groups is 1. The van der Waals surface area contributed by atoms with Gasteiger partial charge in [-0.15, -0.1) is 11.3 Å². The number of nitrogens with zero attached hydrogens (tertiary/aromatic N) is 4. The summed E-state index contributed by atoms with van der Waals surface area (Å²) in [5.74, 6) is -1.01. The molecule has 1 aromatic heterocycles. The van der Waals surface area contributed by atoms with E-state index in [-0.39, 0.29) is 43.8 Å². The number of thiazole rings is 1. The van der Waals surface area contributed by atoms with Crippen molar-refractivity contribution in [2.75, 3.05) is 39.3 Å². The Morgan fingerprint density at radius 2 is 1.70 bits per heavy atom. The minimum Gasteiger partial charge on any atom is -0.444 e. The average Bonchev–Trinajstić information content (AvgIpc) is 3.61. The minimum atomic E-state index is -0.887. The van der Waals surface area contributed by atoms with E-state index in [1.807, 2.05) is 78.2 Å². The van der Waals surface area contributed by atoms with Crippen molar-refractivity contribution in [3.05, 3.63) is 41.0 Å². The Kier molecular flexibility index (Phi) is 11.7. The average molecular weight is 671 g/mol. The van der Waals surface area contributed by atoms with E-state index in [9.17, 15) is 24.3 Å². The van der Waals surface area contributed by atoms with Crippen LogP contribution in [-0.4, -0.2) is 112 Å². The molecule has 3 atom stereocenters. The molecule has 3 N–H and O–H groups in total. The van der Waals surface area contributed by atoms with Gasteiger partial charge in [0, 0.05) is 58.7 Å². The summed E-state index contributed by atoms with van der Waals surface area (Å²) in [6, 6.07) is 6.16. The van der Waals surface area contributed by atoms with E-state index in [0.29, 0.717) is 32.7 Å². The molecule has 47 heavy (non-hydrogen) atoms. The first-order valence-electron chi connectivity index (χ1n) is 16.3. The van der Waals surface area contributed by atoms with E-state index in [0.717, 1.165) is 21.7 Å². The zero-order valence-corrected chi connectivity index (χ0v) is 29.5. The zero-order valence-electron chi connectivity index (χ0n) is 28.7. The normalized spacial score (nSPS) is 19.7. The van der Waals surface area contributed by atoms with E-state index >= 15 is 0 Å². The summed E-state index contributed by atoms with van der Waals surface area (Å²) in [4.78, 5) is 63.3. The van der Waals surface area contributed by atoms with Crippen molar-refractivity contribution in [3.8, 4) is 10.4 Å². The van der Waals surface area contributed by atoms with E-state index in [1.165, 1.54) is 4.90 Å². The maximum absolute atomic E-state index is 13.9. The molecule has 13 heteroatoms. The van der Waals surface area contributed by atoms with Crippen molar-refractivity contribution >= 4 is 35.2 Å².